The van der Waals surface area contributed by atoms with Crippen molar-refractivity contribution in [3.63, 3.8) is 0 Å². The van der Waals surface area contributed by atoms with Crippen molar-refractivity contribution in [1.82, 2.24) is 19.1 Å². The lowest BCUT2D eigenvalue weighted by Gasteiger charge is -2.21. The average molecular weight is 791 g/mol. The molecule has 9 aromatic carbocycles. The van der Waals surface area contributed by atoms with Gasteiger partial charge in [-0.25, -0.2) is 9.97 Å². The molecule has 0 amide bonds. The van der Waals surface area contributed by atoms with E-state index >= 15 is 0 Å². The number of benzene rings is 9. The first-order chi connectivity index (χ1) is 30.8. The smallest absolute Gasteiger partial charge is 0.160 e. The largest absolute Gasteiger partial charge is 0.309 e. The van der Waals surface area contributed by atoms with Crippen LogP contribution in [0.1, 0.15) is 0 Å². The lowest BCUT2D eigenvalue weighted by Crippen LogP contribution is -2.03. The van der Waals surface area contributed by atoms with E-state index < -0.39 is 0 Å². The summed E-state index contributed by atoms with van der Waals surface area (Å²) in [5.41, 5.74) is 16.0. The Morgan fingerprint density at radius 1 is 0.274 bits per heavy atom. The van der Waals surface area contributed by atoms with Gasteiger partial charge in [-0.05, 0) is 65.7 Å². The maximum atomic E-state index is 5.33. The molecule has 0 aliphatic rings. The summed E-state index contributed by atoms with van der Waals surface area (Å²) in [6, 6.07) is 82.2. The van der Waals surface area contributed by atoms with Gasteiger partial charge in [-0.3, -0.25) is 0 Å². The van der Waals surface area contributed by atoms with E-state index in [0.717, 1.165) is 78.3 Å². The lowest BCUT2D eigenvalue weighted by molar-refractivity contribution is 1.16. The summed E-state index contributed by atoms with van der Waals surface area (Å²) in [5, 5.41) is 4.87. The summed E-state index contributed by atoms with van der Waals surface area (Å²) in [6.45, 7) is 0. The zero-order valence-electron chi connectivity index (χ0n) is 33.7. The van der Waals surface area contributed by atoms with Crippen molar-refractivity contribution in [3.05, 3.63) is 231 Å². The molecular formula is C58H38N4. The second-order valence-corrected chi connectivity index (χ2v) is 15.8. The van der Waals surface area contributed by atoms with E-state index in [2.05, 4.69) is 228 Å². The second-order valence-electron chi connectivity index (χ2n) is 15.8. The molecule has 0 bridgehead atoms. The second kappa shape index (κ2) is 14.7. The fourth-order valence-corrected chi connectivity index (χ4v) is 9.30. The normalized spacial score (nSPS) is 11.5. The number of para-hydroxylation sites is 3. The maximum absolute atomic E-state index is 5.33. The van der Waals surface area contributed by atoms with Gasteiger partial charge in [0, 0.05) is 55.0 Å². The summed E-state index contributed by atoms with van der Waals surface area (Å²) < 4.78 is 4.91. The Bertz CT molecular complexity index is 3470. The van der Waals surface area contributed by atoms with Gasteiger partial charge in [0.2, 0.25) is 0 Å². The highest BCUT2D eigenvalue weighted by Gasteiger charge is 2.24. The van der Waals surface area contributed by atoms with Crippen molar-refractivity contribution in [1.29, 1.82) is 0 Å². The topological polar surface area (TPSA) is 35.6 Å². The quantitative estimate of drug-likeness (QED) is 0.161. The molecule has 0 saturated carbocycles. The molecule has 0 fully saturated rings. The Morgan fingerprint density at radius 2 is 0.677 bits per heavy atom. The molecule has 3 aromatic heterocycles. The van der Waals surface area contributed by atoms with Crippen molar-refractivity contribution in [2.75, 3.05) is 0 Å². The van der Waals surface area contributed by atoms with Crippen molar-refractivity contribution in [3.8, 4) is 67.5 Å². The van der Waals surface area contributed by atoms with Crippen molar-refractivity contribution < 1.29 is 0 Å². The Hall–Kier alpha value is -8.34. The molecule has 0 aliphatic heterocycles. The van der Waals surface area contributed by atoms with E-state index in [0.29, 0.717) is 5.82 Å². The third kappa shape index (κ3) is 5.92. The summed E-state index contributed by atoms with van der Waals surface area (Å²) in [4.78, 5) is 10.7. The van der Waals surface area contributed by atoms with E-state index in [-0.39, 0.29) is 0 Å². The number of aromatic nitrogens is 4. The van der Waals surface area contributed by atoms with E-state index in [1.165, 1.54) is 27.1 Å². The minimum Gasteiger partial charge on any atom is -0.309 e. The van der Waals surface area contributed by atoms with Crippen LogP contribution in [0.3, 0.4) is 0 Å². The first-order valence-corrected chi connectivity index (χ1v) is 21.1. The Balaban J connectivity index is 1.21. The SMILES string of the molecule is c1ccc(-c2cc(-c3ccccc3)nc(-c3cc(-c4ccccc4)c(-n4c5ccccc5c5cc6c7ccccc7n(-c7ccccc7)c6cc54)c(-c4ccccc4)c3)n2)cc1. The summed E-state index contributed by atoms with van der Waals surface area (Å²) >= 11 is 0. The van der Waals surface area contributed by atoms with Crippen LogP contribution in [0.5, 0.6) is 0 Å². The highest BCUT2D eigenvalue weighted by molar-refractivity contribution is 6.19. The highest BCUT2D eigenvalue weighted by atomic mass is 15.0. The monoisotopic (exact) mass is 790 g/mol. The van der Waals surface area contributed by atoms with Crippen LogP contribution in [0, 0.1) is 0 Å². The molecule has 12 rings (SSSR count). The molecule has 290 valence electrons. The number of nitrogens with zero attached hydrogens (tertiary/aromatic N) is 4. The van der Waals surface area contributed by atoms with Gasteiger partial charge >= 0.3 is 0 Å². The third-order valence-electron chi connectivity index (χ3n) is 12.1. The first-order valence-electron chi connectivity index (χ1n) is 21.1. The van der Waals surface area contributed by atoms with Gasteiger partial charge in [0.1, 0.15) is 0 Å². The van der Waals surface area contributed by atoms with Crippen LogP contribution < -0.4 is 0 Å². The van der Waals surface area contributed by atoms with Crippen LogP contribution in [0.15, 0.2) is 231 Å². The molecule has 0 unspecified atom stereocenters. The average Bonchev–Trinajstić information content (AvgIpc) is 3.85. The van der Waals surface area contributed by atoms with Crippen LogP contribution in [0.2, 0.25) is 0 Å². The van der Waals surface area contributed by atoms with E-state index in [4.69, 9.17) is 9.97 Å². The molecule has 3 heterocycles. The third-order valence-corrected chi connectivity index (χ3v) is 12.1. The fraction of sp³-hybridized carbons (Fsp3) is 0. The van der Waals surface area contributed by atoms with Gasteiger partial charge in [0.15, 0.2) is 5.82 Å². The molecule has 0 spiro atoms. The zero-order chi connectivity index (χ0) is 41.0. The molecule has 0 radical (unpaired) electrons. The summed E-state index contributed by atoms with van der Waals surface area (Å²) in [6.07, 6.45) is 0. The zero-order valence-corrected chi connectivity index (χ0v) is 33.7. The predicted octanol–water partition coefficient (Wildman–Crippen LogP) is 15.0. The van der Waals surface area contributed by atoms with Crippen molar-refractivity contribution in [2.45, 2.75) is 0 Å². The molecule has 0 atom stereocenters. The highest BCUT2D eigenvalue weighted by Crippen LogP contribution is 2.45. The Labute approximate surface area is 359 Å². The predicted molar refractivity (Wildman–Crippen MR) is 258 cm³/mol. The van der Waals surface area contributed by atoms with Gasteiger partial charge in [-0.2, -0.15) is 0 Å². The molecule has 0 N–H and O–H groups in total. The van der Waals surface area contributed by atoms with Crippen LogP contribution in [0.4, 0.5) is 0 Å². The first kappa shape index (κ1) is 35.6. The number of hydrogen-bond donors (Lipinski definition) is 0. The van der Waals surface area contributed by atoms with E-state index in [1.807, 2.05) is 12.1 Å². The molecule has 12 aromatic rings. The number of rotatable bonds is 7. The van der Waals surface area contributed by atoms with Crippen molar-refractivity contribution in [2.24, 2.45) is 0 Å². The number of fused-ring (bicyclic) bond motifs is 6. The van der Waals surface area contributed by atoms with Crippen LogP contribution in [-0.2, 0) is 0 Å². The van der Waals surface area contributed by atoms with Crippen molar-refractivity contribution >= 4 is 43.6 Å². The number of hydrogen-bond acceptors (Lipinski definition) is 2. The summed E-state index contributed by atoms with van der Waals surface area (Å²) in [5.74, 6) is 0.669. The minimum absolute atomic E-state index is 0.669. The van der Waals surface area contributed by atoms with E-state index in [9.17, 15) is 0 Å². The van der Waals surface area contributed by atoms with Gasteiger partial charge in [-0.15, -0.1) is 0 Å². The fourth-order valence-electron chi connectivity index (χ4n) is 9.30. The molecule has 4 nitrogen and oxygen atoms in total. The molecule has 4 heteroatoms. The van der Waals surface area contributed by atoms with Crippen LogP contribution in [-0.4, -0.2) is 19.1 Å². The summed E-state index contributed by atoms with van der Waals surface area (Å²) in [7, 11) is 0. The maximum Gasteiger partial charge on any atom is 0.160 e. The molecule has 0 aliphatic carbocycles. The van der Waals surface area contributed by atoms with Crippen LogP contribution in [0.25, 0.3) is 111 Å². The molecule has 0 saturated heterocycles. The van der Waals surface area contributed by atoms with Crippen LogP contribution >= 0.6 is 0 Å². The van der Waals surface area contributed by atoms with E-state index in [1.54, 1.807) is 0 Å². The molecule has 62 heavy (non-hydrogen) atoms. The van der Waals surface area contributed by atoms with Gasteiger partial charge < -0.3 is 9.13 Å². The lowest BCUT2D eigenvalue weighted by atomic mass is 9.92. The molecular weight excluding hydrogens is 753 g/mol. The Morgan fingerprint density at radius 3 is 1.18 bits per heavy atom. The Kier molecular flexibility index (Phi) is 8.46. The minimum atomic E-state index is 0.669. The standard InChI is InChI=1S/C58H38N4/c1-6-20-39(21-7-1)47-34-43(58-59-51(41-24-10-3-11-25-41)37-52(60-58)42-26-12-4-13-27-42)35-48(40-22-8-2-9-23-40)57(47)62-54-33-19-17-31-46(54)50-36-49-45-30-16-18-32-53(45)61(55(49)38-56(50)62)44-28-14-5-15-29-44/h1-38H. The van der Waals surface area contributed by atoms with Gasteiger partial charge in [0.05, 0.1) is 39.1 Å². The van der Waals surface area contributed by atoms with Gasteiger partial charge in [-0.1, -0.05) is 176 Å². The van der Waals surface area contributed by atoms with Gasteiger partial charge in [0.25, 0.3) is 0 Å².